The number of anilines is 1. The van der Waals surface area contributed by atoms with E-state index >= 15 is 0 Å². The zero-order valence-corrected chi connectivity index (χ0v) is 17.6. The molecular weight excluding hydrogens is 412 g/mol. The highest BCUT2D eigenvalue weighted by Gasteiger charge is 2.37. The number of aromatic nitrogens is 2. The van der Waals surface area contributed by atoms with Crippen molar-refractivity contribution in [3.63, 3.8) is 0 Å². The van der Waals surface area contributed by atoms with E-state index in [1.807, 2.05) is 0 Å². The first-order valence-corrected chi connectivity index (χ1v) is 10.4. The molecule has 1 fully saturated rings. The molecule has 0 saturated carbocycles. The molecule has 0 aliphatic carbocycles. The Morgan fingerprint density at radius 1 is 1.00 bits per heavy atom. The second-order valence-electron chi connectivity index (χ2n) is 7.75. The zero-order chi connectivity index (χ0) is 22.2. The van der Waals surface area contributed by atoms with Crippen LogP contribution in [0, 0.1) is 0 Å². The smallest absolute Gasteiger partial charge is 0.279 e. The van der Waals surface area contributed by atoms with E-state index in [4.69, 9.17) is 9.47 Å². The van der Waals surface area contributed by atoms with Gasteiger partial charge in [-0.05, 0) is 18.2 Å². The van der Waals surface area contributed by atoms with Gasteiger partial charge >= 0.3 is 0 Å². The van der Waals surface area contributed by atoms with Crippen molar-refractivity contribution >= 4 is 28.3 Å². The van der Waals surface area contributed by atoms with E-state index in [-0.39, 0.29) is 23.7 Å². The first-order chi connectivity index (χ1) is 15.5. The summed E-state index contributed by atoms with van der Waals surface area (Å²) in [5, 5.41) is 5.15. The van der Waals surface area contributed by atoms with Crippen molar-refractivity contribution < 1.29 is 19.1 Å². The van der Waals surface area contributed by atoms with Gasteiger partial charge in [0.25, 0.3) is 17.4 Å². The number of morpholine rings is 1. The number of aryl methyl sites for hydroxylation is 1. The lowest BCUT2D eigenvalue weighted by atomic mass is 10.1. The minimum Gasteiger partial charge on any atom is -0.476 e. The number of carbonyl (C=O) groups is 2. The Hall–Kier alpha value is -3.72. The predicted octanol–water partition coefficient (Wildman–Crippen LogP) is 1.20. The average Bonchev–Trinajstić information content (AvgIpc) is 2.85. The molecule has 5 rings (SSSR count). The third-order valence-corrected chi connectivity index (χ3v) is 5.78. The molecule has 1 aromatic heterocycles. The third kappa shape index (κ3) is 3.40. The van der Waals surface area contributed by atoms with Crippen LogP contribution in [0.3, 0.4) is 0 Å². The number of fused-ring (bicyclic) bond motifs is 2. The highest BCUT2D eigenvalue weighted by atomic mass is 16.5. The van der Waals surface area contributed by atoms with Crippen LogP contribution in [-0.2, 0) is 16.6 Å². The second kappa shape index (κ2) is 8.08. The van der Waals surface area contributed by atoms with E-state index in [2.05, 4.69) is 5.10 Å². The van der Waals surface area contributed by atoms with Gasteiger partial charge in [-0.2, -0.15) is 5.10 Å². The molecule has 2 aliphatic heterocycles. The molecule has 32 heavy (non-hydrogen) atoms. The van der Waals surface area contributed by atoms with E-state index in [0.29, 0.717) is 48.5 Å². The fraction of sp³-hybridized carbons (Fsp3) is 0.304. The van der Waals surface area contributed by atoms with E-state index < -0.39 is 12.0 Å². The summed E-state index contributed by atoms with van der Waals surface area (Å²) in [4.78, 5) is 42.6. The molecule has 1 atom stereocenters. The van der Waals surface area contributed by atoms with Gasteiger partial charge in [-0.1, -0.05) is 30.3 Å². The minimum absolute atomic E-state index is 0.0465. The quantitative estimate of drug-likeness (QED) is 0.602. The van der Waals surface area contributed by atoms with E-state index in [0.717, 1.165) is 4.68 Å². The summed E-state index contributed by atoms with van der Waals surface area (Å²) < 4.78 is 12.5. The van der Waals surface area contributed by atoms with Gasteiger partial charge in [0, 0.05) is 25.5 Å². The van der Waals surface area contributed by atoms with Gasteiger partial charge in [0.05, 0.1) is 30.8 Å². The van der Waals surface area contributed by atoms with Crippen LogP contribution in [0.5, 0.6) is 5.75 Å². The van der Waals surface area contributed by atoms with Crippen molar-refractivity contribution in [1.29, 1.82) is 0 Å². The summed E-state index contributed by atoms with van der Waals surface area (Å²) >= 11 is 0. The number of hydrogen-bond donors (Lipinski definition) is 0. The Morgan fingerprint density at radius 2 is 1.69 bits per heavy atom. The Morgan fingerprint density at radius 3 is 2.47 bits per heavy atom. The normalized spacial score (nSPS) is 18.2. The van der Waals surface area contributed by atoms with Crippen molar-refractivity contribution in [2.45, 2.75) is 6.10 Å². The molecule has 3 heterocycles. The summed E-state index contributed by atoms with van der Waals surface area (Å²) in [5.74, 6) is -0.126. The molecule has 9 heteroatoms. The number of amides is 2. The maximum absolute atomic E-state index is 13.7. The van der Waals surface area contributed by atoms with Gasteiger partial charge in [0.1, 0.15) is 5.75 Å². The summed E-state index contributed by atoms with van der Waals surface area (Å²) in [6.07, 6.45) is -0.842. The molecule has 1 saturated heterocycles. The van der Waals surface area contributed by atoms with Crippen LogP contribution >= 0.6 is 0 Å². The van der Waals surface area contributed by atoms with Crippen molar-refractivity contribution in [1.82, 2.24) is 14.7 Å². The Labute approximate surface area is 183 Å². The monoisotopic (exact) mass is 434 g/mol. The number of benzene rings is 2. The van der Waals surface area contributed by atoms with Crippen molar-refractivity contribution in [2.75, 3.05) is 37.7 Å². The molecule has 0 bridgehead atoms. The van der Waals surface area contributed by atoms with Crippen LogP contribution in [0.2, 0.25) is 0 Å². The van der Waals surface area contributed by atoms with Crippen molar-refractivity contribution in [2.24, 2.45) is 7.05 Å². The van der Waals surface area contributed by atoms with Gasteiger partial charge in [-0.15, -0.1) is 0 Å². The molecule has 0 N–H and O–H groups in total. The number of ether oxygens (including phenoxy) is 2. The molecule has 2 aromatic carbocycles. The number of carbonyl (C=O) groups excluding carboxylic acids is 2. The summed E-state index contributed by atoms with van der Waals surface area (Å²) in [6, 6.07) is 14.0. The lowest BCUT2D eigenvalue weighted by Crippen LogP contribution is -2.54. The summed E-state index contributed by atoms with van der Waals surface area (Å²) in [5.41, 5.74) is 0.431. The number of nitrogens with zero attached hydrogens (tertiary/aromatic N) is 4. The molecule has 0 unspecified atom stereocenters. The van der Waals surface area contributed by atoms with Gasteiger partial charge in [0.2, 0.25) is 0 Å². The first kappa shape index (κ1) is 20.2. The molecule has 0 spiro atoms. The van der Waals surface area contributed by atoms with Crippen LogP contribution in [0.15, 0.2) is 53.3 Å². The lowest BCUT2D eigenvalue weighted by Gasteiger charge is -2.37. The fourth-order valence-electron chi connectivity index (χ4n) is 4.13. The van der Waals surface area contributed by atoms with Crippen LogP contribution < -0.4 is 15.2 Å². The van der Waals surface area contributed by atoms with Crippen LogP contribution in [0.4, 0.5) is 5.69 Å². The maximum atomic E-state index is 13.7. The fourth-order valence-corrected chi connectivity index (χ4v) is 4.13. The molecular formula is C23H22N4O5. The predicted molar refractivity (Wildman–Crippen MR) is 117 cm³/mol. The second-order valence-corrected chi connectivity index (χ2v) is 7.75. The molecule has 164 valence electrons. The minimum atomic E-state index is -0.842. The van der Waals surface area contributed by atoms with Gasteiger partial charge in [-0.25, -0.2) is 4.68 Å². The average molecular weight is 434 g/mol. The largest absolute Gasteiger partial charge is 0.476 e. The molecule has 2 amide bonds. The van der Waals surface area contributed by atoms with E-state index in [1.54, 1.807) is 53.4 Å². The van der Waals surface area contributed by atoms with E-state index in [1.165, 1.54) is 11.9 Å². The zero-order valence-electron chi connectivity index (χ0n) is 17.6. The number of rotatable bonds is 2. The van der Waals surface area contributed by atoms with Crippen LogP contribution in [0.25, 0.3) is 10.8 Å². The number of para-hydroxylation sites is 2. The van der Waals surface area contributed by atoms with Crippen LogP contribution in [0.1, 0.15) is 10.5 Å². The molecule has 0 radical (unpaired) electrons. The molecule has 2 aliphatic rings. The third-order valence-electron chi connectivity index (χ3n) is 5.78. The number of hydrogen-bond acceptors (Lipinski definition) is 6. The Bertz CT molecular complexity index is 1260. The first-order valence-electron chi connectivity index (χ1n) is 10.4. The van der Waals surface area contributed by atoms with Crippen molar-refractivity contribution in [3.8, 4) is 5.75 Å². The van der Waals surface area contributed by atoms with E-state index in [9.17, 15) is 14.4 Å². The van der Waals surface area contributed by atoms with Gasteiger partial charge in [0.15, 0.2) is 11.8 Å². The summed E-state index contributed by atoms with van der Waals surface area (Å²) in [6.45, 7) is 1.98. The standard InChI is InChI=1S/C23H22N4O5/c1-25-21(28)16-7-3-2-6-15(16)20(24-25)23(30)27-14-19(22(29)26-10-12-31-13-11-26)32-18-9-5-4-8-17(18)27/h2-9,19H,10-14H2,1H3/t19-/m1/s1. The van der Waals surface area contributed by atoms with Gasteiger partial charge in [-0.3, -0.25) is 19.3 Å². The summed E-state index contributed by atoms with van der Waals surface area (Å²) in [7, 11) is 1.52. The SMILES string of the molecule is Cn1nc(C(=O)N2C[C@H](C(=O)N3CCOCC3)Oc3ccccc32)c2ccccc2c1=O. The van der Waals surface area contributed by atoms with Crippen LogP contribution in [-0.4, -0.2) is 65.4 Å². The highest BCUT2D eigenvalue weighted by Crippen LogP contribution is 2.35. The van der Waals surface area contributed by atoms with Crippen molar-refractivity contribution in [3.05, 3.63) is 64.6 Å². The maximum Gasteiger partial charge on any atom is 0.279 e. The molecule has 9 nitrogen and oxygen atoms in total. The Kier molecular flexibility index (Phi) is 5.10. The highest BCUT2D eigenvalue weighted by molar-refractivity contribution is 6.13. The lowest BCUT2D eigenvalue weighted by molar-refractivity contribution is -0.142. The topological polar surface area (TPSA) is 94.0 Å². The molecule has 3 aromatic rings. The van der Waals surface area contributed by atoms with Gasteiger partial charge < -0.3 is 14.4 Å². The Balaban J connectivity index is 1.55.